The van der Waals surface area contributed by atoms with Crippen LogP contribution < -0.4 is 0 Å². The maximum absolute atomic E-state index is 13.7. The van der Waals surface area contributed by atoms with Gasteiger partial charge in [-0.1, -0.05) is 6.07 Å². The van der Waals surface area contributed by atoms with Crippen molar-refractivity contribution in [3.05, 3.63) is 29.8 Å². The average Bonchev–Trinajstić information content (AvgIpc) is 3.11. The van der Waals surface area contributed by atoms with Gasteiger partial charge in [0, 0.05) is 12.1 Å². The Balaban J connectivity index is 1.60. The molecule has 0 spiro atoms. The lowest BCUT2D eigenvalue weighted by Crippen LogP contribution is -2.37. The summed E-state index contributed by atoms with van der Waals surface area (Å²) in [6.07, 6.45) is 2.89. The van der Waals surface area contributed by atoms with Crippen molar-refractivity contribution in [2.24, 2.45) is 0 Å². The summed E-state index contributed by atoms with van der Waals surface area (Å²) in [6, 6.07) is 5.36. The van der Waals surface area contributed by atoms with E-state index < -0.39 is 9.84 Å². The summed E-state index contributed by atoms with van der Waals surface area (Å²) in [5.41, 5.74) is 1.04. The Kier molecular flexibility index (Phi) is 3.23. The van der Waals surface area contributed by atoms with Crippen molar-refractivity contribution in [2.75, 3.05) is 11.5 Å². The Morgan fingerprint density at radius 3 is 2.73 bits per heavy atom. The second-order valence-electron chi connectivity index (χ2n) is 6.28. The molecule has 0 radical (unpaired) electrons. The number of sulfone groups is 1. The molecular formula is C15H18FN3O2S. The summed E-state index contributed by atoms with van der Waals surface area (Å²) in [5, 5.41) is 0. The summed E-state index contributed by atoms with van der Waals surface area (Å²) in [6.45, 7) is 0.555. The van der Waals surface area contributed by atoms with Crippen molar-refractivity contribution in [1.82, 2.24) is 14.9 Å². The molecular weight excluding hydrogens is 305 g/mol. The van der Waals surface area contributed by atoms with Crippen LogP contribution in [0.5, 0.6) is 0 Å². The molecule has 1 aromatic carbocycles. The summed E-state index contributed by atoms with van der Waals surface area (Å²) in [7, 11) is -2.90. The largest absolute Gasteiger partial charge is 0.341 e. The zero-order valence-corrected chi connectivity index (χ0v) is 12.9. The van der Waals surface area contributed by atoms with E-state index in [9.17, 15) is 12.8 Å². The fraction of sp³-hybridized carbons (Fsp3) is 0.533. The number of H-pyrrole nitrogens is 1. The molecule has 22 heavy (non-hydrogen) atoms. The number of para-hydroxylation sites is 1. The molecule has 2 aromatic rings. The fourth-order valence-electron chi connectivity index (χ4n) is 3.30. The molecule has 4 rings (SSSR count). The van der Waals surface area contributed by atoms with Crippen LogP contribution in [0.15, 0.2) is 18.2 Å². The molecule has 2 fully saturated rings. The van der Waals surface area contributed by atoms with Gasteiger partial charge in [-0.15, -0.1) is 0 Å². The lowest BCUT2D eigenvalue weighted by atomic mass is 10.2. The Morgan fingerprint density at radius 1 is 1.27 bits per heavy atom. The summed E-state index contributed by atoms with van der Waals surface area (Å²) >= 11 is 0. The highest BCUT2D eigenvalue weighted by molar-refractivity contribution is 7.91. The van der Waals surface area contributed by atoms with Crippen molar-refractivity contribution >= 4 is 20.9 Å². The molecule has 0 bridgehead atoms. The third-order valence-electron chi connectivity index (χ3n) is 4.54. The molecule has 0 amide bonds. The van der Waals surface area contributed by atoms with E-state index in [1.165, 1.54) is 6.07 Å². The van der Waals surface area contributed by atoms with Crippen LogP contribution in [-0.4, -0.2) is 46.9 Å². The fourth-order valence-corrected chi connectivity index (χ4v) is 5.04. The second kappa shape index (κ2) is 5.03. The smallest absolute Gasteiger partial charge is 0.151 e. The Hall–Kier alpha value is -1.47. The van der Waals surface area contributed by atoms with E-state index in [0.717, 1.165) is 12.8 Å². The minimum atomic E-state index is -2.90. The normalized spacial score (nSPS) is 24.4. The number of rotatable bonds is 4. The molecule has 0 unspecified atom stereocenters. The first kappa shape index (κ1) is 14.1. The molecule has 1 aromatic heterocycles. The highest BCUT2D eigenvalue weighted by Gasteiger charge is 2.39. The van der Waals surface area contributed by atoms with Crippen LogP contribution in [0.25, 0.3) is 11.0 Å². The first-order valence-corrected chi connectivity index (χ1v) is 9.43. The third-order valence-corrected chi connectivity index (χ3v) is 6.29. The number of nitrogens with one attached hydrogen (secondary N) is 1. The highest BCUT2D eigenvalue weighted by atomic mass is 32.2. The Bertz CT molecular complexity index is 813. The van der Waals surface area contributed by atoms with Crippen molar-refractivity contribution in [2.45, 2.75) is 37.9 Å². The molecule has 1 aliphatic carbocycles. The monoisotopic (exact) mass is 323 g/mol. The van der Waals surface area contributed by atoms with Gasteiger partial charge in [-0.3, -0.25) is 4.90 Å². The van der Waals surface area contributed by atoms with E-state index in [4.69, 9.17) is 0 Å². The number of hydrogen-bond donors (Lipinski definition) is 1. The van der Waals surface area contributed by atoms with E-state index in [1.54, 1.807) is 12.1 Å². The second-order valence-corrected chi connectivity index (χ2v) is 8.51. The molecule has 1 saturated heterocycles. The van der Waals surface area contributed by atoms with Gasteiger partial charge in [0.1, 0.15) is 11.3 Å². The number of aromatic nitrogens is 2. The number of halogens is 1. The van der Waals surface area contributed by atoms with Gasteiger partial charge in [0.05, 0.1) is 23.6 Å². The molecule has 5 nitrogen and oxygen atoms in total. The lowest BCUT2D eigenvalue weighted by Gasteiger charge is -2.26. The Morgan fingerprint density at radius 2 is 2.09 bits per heavy atom. The SMILES string of the molecule is O=S1(=O)CC[C@@H](N(Cc2nc3c(F)cccc3[nH]2)C2CC2)C1. The zero-order chi connectivity index (χ0) is 15.3. The number of hydrogen-bond acceptors (Lipinski definition) is 4. The van der Waals surface area contributed by atoms with Crippen LogP contribution >= 0.6 is 0 Å². The molecule has 1 atom stereocenters. The minimum Gasteiger partial charge on any atom is -0.341 e. The van der Waals surface area contributed by atoms with Crippen molar-refractivity contribution in [3.8, 4) is 0 Å². The maximum Gasteiger partial charge on any atom is 0.151 e. The molecule has 2 aliphatic rings. The average molecular weight is 323 g/mol. The standard InChI is InChI=1S/C15H18FN3O2S/c16-12-2-1-3-13-15(12)18-14(17-13)8-19(10-4-5-10)11-6-7-22(20,21)9-11/h1-3,10-11H,4-9H2,(H,17,18)/t11-/m1/s1. The molecule has 1 saturated carbocycles. The van der Waals surface area contributed by atoms with Crippen LogP contribution in [-0.2, 0) is 16.4 Å². The molecule has 1 N–H and O–H groups in total. The van der Waals surface area contributed by atoms with Crippen molar-refractivity contribution in [1.29, 1.82) is 0 Å². The zero-order valence-electron chi connectivity index (χ0n) is 12.1. The number of imidazole rings is 1. The van der Waals surface area contributed by atoms with E-state index >= 15 is 0 Å². The van der Waals surface area contributed by atoms with Crippen LogP contribution in [0.4, 0.5) is 4.39 Å². The van der Waals surface area contributed by atoms with Gasteiger partial charge in [0.15, 0.2) is 15.7 Å². The quantitative estimate of drug-likeness (QED) is 0.932. The van der Waals surface area contributed by atoms with E-state index in [-0.39, 0.29) is 23.4 Å². The van der Waals surface area contributed by atoms with Crippen molar-refractivity contribution in [3.63, 3.8) is 0 Å². The first-order chi connectivity index (χ1) is 10.5. The summed E-state index contributed by atoms with van der Waals surface area (Å²) < 4.78 is 37.2. The van der Waals surface area contributed by atoms with E-state index in [2.05, 4.69) is 14.9 Å². The van der Waals surface area contributed by atoms with Crippen LogP contribution in [0.2, 0.25) is 0 Å². The Labute approximate surface area is 128 Å². The third kappa shape index (κ3) is 2.63. The van der Waals surface area contributed by atoms with E-state index in [0.29, 0.717) is 35.9 Å². The van der Waals surface area contributed by atoms with Gasteiger partial charge >= 0.3 is 0 Å². The lowest BCUT2D eigenvalue weighted by molar-refractivity contribution is 0.189. The van der Waals surface area contributed by atoms with Crippen LogP contribution in [0, 0.1) is 5.82 Å². The number of fused-ring (bicyclic) bond motifs is 1. The van der Waals surface area contributed by atoms with Gasteiger partial charge in [-0.25, -0.2) is 17.8 Å². The summed E-state index contributed by atoms with van der Waals surface area (Å²) in [4.78, 5) is 9.74. The number of benzene rings is 1. The number of nitrogens with zero attached hydrogens (tertiary/aromatic N) is 2. The molecule has 118 valence electrons. The van der Waals surface area contributed by atoms with Crippen LogP contribution in [0.1, 0.15) is 25.1 Å². The van der Waals surface area contributed by atoms with Gasteiger partial charge in [-0.2, -0.15) is 0 Å². The molecule has 1 aliphatic heterocycles. The van der Waals surface area contributed by atoms with Crippen molar-refractivity contribution < 1.29 is 12.8 Å². The topological polar surface area (TPSA) is 66.1 Å². The molecule has 7 heteroatoms. The predicted octanol–water partition coefficient (Wildman–Crippen LogP) is 1.85. The van der Waals surface area contributed by atoms with Crippen LogP contribution in [0.3, 0.4) is 0 Å². The summed E-state index contributed by atoms with van der Waals surface area (Å²) in [5.74, 6) is 0.881. The van der Waals surface area contributed by atoms with Gasteiger partial charge < -0.3 is 4.98 Å². The van der Waals surface area contributed by atoms with Gasteiger partial charge in [-0.05, 0) is 31.4 Å². The predicted molar refractivity (Wildman–Crippen MR) is 81.7 cm³/mol. The minimum absolute atomic E-state index is 0.0653. The van der Waals surface area contributed by atoms with E-state index in [1.807, 2.05) is 0 Å². The number of aromatic amines is 1. The maximum atomic E-state index is 13.7. The van der Waals surface area contributed by atoms with Gasteiger partial charge in [0.2, 0.25) is 0 Å². The van der Waals surface area contributed by atoms with Gasteiger partial charge in [0.25, 0.3) is 0 Å². The molecule has 2 heterocycles. The highest BCUT2D eigenvalue weighted by Crippen LogP contribution is 2.33. The first-order valence-electron chi connectivity index (χ1n) is 7.61.